The molecule has 0 bridgehead atoms. The molecule has 40 heavy (non-hydrogen) atoms. The summed E-state index contributed by atoms with van der Waals surface area (Å²) < 4.78 is 34.4. The van der Waals surface area contributed by atoms with Crippen LogP contribution in [0.1, 0.15) is 37.3 Å². The molecular weight excluding hydrogens is 552 g/mol. The Bertz CT molecular complexity index is 1330. The summed E-state index contributed by atoms with van der Waals surface area (Å²) in [6.45, 7) is 0.164. The van der Waals surface area contributed by atoms with E-state index in [1.165, 1.54) is 31.2 Å². The number of sulfone groups is 1. The standard InChI is InChI=1S/C25H28N2O12S/c1-18(28)37-17-23(19-11-13-22(14-12-19)40(2,34)35)24(20-8-4-3-5-9-20)25(29)36-15-7-6-10-21(39-27(32)33)16-38-26(30)31/h3-5,8-9,11-14,21H,6-7,10,15-17H2,1-2H3/b24-23+/t21-/m1/s1. The van der Waals surface area contributed by atoms with Gasteiger partial charge in [-0.15, -0.1) is 20.2 Å². The number of hydrogen-bond acceptors (Lipinski definition) is 12. The van der Waals surface area contributed by atoms with Gasteiger partial charge in [0.05, 0.1) is 17.1 Å². The first-order chi connectivity index (χ1) is 18.9. The molecule has 0 aliphatic carbocycles. The Hall–Kier alpha value is -4.53. The Morgan fingerprint density at radius 2 is 1.55 bits per heavy atom. The van der Waals surface area contributed by atoms with Crippen LogP contribution in [0.2, 0.25) is 0 Å². The predicted octanol–water partition coefficient (Wildman–Crippen LogP) is 3.06. The minimum atomic E-state index is -3.48. The number of hydrogen-bond donors (Lipinski definition) is 0. The van der Waals surface area contributed by atoms with E-state index < -0.39 is 44.7 Å². The van der Waals surface area contributed by atoms with Crippen molar-refractivity contribution in [3.05, 3.63) is 86.0 Å². The van der Waals surface area contributed by atoms with Crippen LogP contribution in [0.5, 0.6) is 0 Å². The van der Waals surface area contributed by atoms with Gasteiger partial charge in [-0.05, 0) is 42.5 Å². The van der Waals surface area contributed by atoms with Gasteiger partial charge in [-0.2, -0.15) is 0 Å². The smallest absolute Gasteiger partial charge is 0.339 e. The van der Waals surface area contributed by atoms with Crippen molar-refractivity contribution in [3.8, 4) is 0 Å². The molecule has 2 aromatic carbocycles. The summed E-state index contributed by atoms with van der Waals surface area (Å²) in [5, 5.41) is 18.8. The van der Waals surface area contributed by atoms with Gasteiger partial charge in [0.15, 0.2) is 9.84 Å². The first kappa shape index (κ1) is 31.7. The van der Waals surface area contributed by atoms with Crippen LogP contribution in [0.15, 0.2) is 59.5 Å². The fraction of sp³-hybridized carbons (Fsp3) is 0.360. The summed E-state index contributed by atoms with van der Waals surface area (Å²) in [6, 6.07) is 14.2. The first-order valence-corrected chi connectivity index (χ1v) is 13.8. The second-order valence-corrected chi connectivity index (χ2v) is 10.4. The summed E-state index contributed by atoms with van der Waals surface area (Å²) in [4.78, 5) is 54.5. The minimum absolute atomic E-state index is 0.0259. The van der Waals surface area contributed by atoms with Crippen LogP contribution in [0, 0.1) is 20.2 Å². The molecule has 1 atom stereocenters. The van der Waals surface area contributed by atoms with Crippen LogP contribution < -0.4 is 0 Å². The molecule has 14 nitrogen and oxygen atoms in total. The van der Waals surface area contributed by atoms with Gasteiger partial charge >= 0.3 is 11.9 Å². The van der Waals surface area contributed by atoms with E-state index in [0.29, 0.717) is 11.1 Å². The summed E-state index contributed by atoms with van der Waals surface area (Å²) in [5.74, 6) is -1.35. The molecule has 2 rings (SSSR count). The van der Waals surface area contributed by atoms with Crippen molar-refractivity contribution in [2.75, 3.05) is 26.1 Å². The summed E-state index contributed by atoms with van der Waals surface area (Å²) in [6.07, 6.45) is 0.404. The molecule has 0 saturated heterocycles. The van der Waals surface area contributed by atoms with Crippen LogP contribution in [0.3, 0.4) is 0 Å². The van der Waals surface area contributed by atoms with Gasteiger partial charge in [-0.25, -0.2) is 13.2 Å². The molecule has 0 radical (unpaired) electrons. The zero-order chi connectivity index (χ0) is 29.7. The lowest BCUT2D eigenvalue weighted by molar-refractivity contribution is -0.790. The summed E-state index contributed by atoms with van der Waals surface area (Å²) in [5.41, 5.74) is 1.25. The molecule has 0 aliphatic heterocycles. The average Bonchev–Trinajstić information content (AvgIpc) is 2.88. The van der Waals surface area contributed by atoms with E-state index in [-0.39, 0.29) is 48.5 Å². The molecule has 0 N–H and O–H groups in total. The van der Waals surface area contributed by atoms with Gasteiger partial charge in [0, 0.05) is 18.8 Å². The number of benzene rings is 2. The molecular formula is C25H28N2O12S. The van der Waals surface area contributed by atoms with Crippen LogP contribution >= 0.6 is 0 Å². The Morgan fingerprint density at radius 1 is 0.900 bits per heavy atom. The number of nitrogens with zero attached hydrogens (tertiary/aromatic N) is 2. The third-order valence-electron chi connectivity index (χ3n) is 5.37. The average molecular weight is 581 g/mol. The number of rotatable bonds is 16. The maximum Gasteiger partial charge on any atom is 0.339 e. The van der Waals surface area contributed by atoms with E-state index >= 15 is 0 Å². The predicted molar refractivity (Wildman–Crippen MR) is 139 cm³/mol. The van der Waals surface area contributed by atoms with E-state index in [0.717, 1.165) is 6.26 Å². The van der Waals surface area contributed by atoms with Gasteiger partial charge in [-0.3, -0.25) is 4.79 Å². The quantitative estimate of drug-likeness (QED) is 0.0705. The monoisotopic (exact) mass is 580 g/mol. The van der Waals surface area contributed by atoms with Gasteiger partial charge in [-0.1, -0.05) is 42.5 Å². The lowest BCUT2D eigenvalue weighted by Gasteiger charge is -2.17. The van der Waals surface area contributed by atoms with Gasteiger partial charge in [0.1, 0.15) is 19.3 Å². The third-order valence-corrected chi connectivity index (χ3v) is 6.50. The normalized spacial score (nSPS) is 12.4. The summed E-state index contributed by atoms with van der Waals surface area (Å²) >= 11 is 0. The van der Waals surface area contributed by atoms with E-state index in [1.54, 1.807) is 30.3 Å². The number of carbonyl (C=O) groups excluding carboxylic acids is 2. The van der Waals surface area contributed by atoms with E-state index in [4.69, 9.17) is 9.47 Å². The first-order valence-electron chi connectivity index (χ1n) is 11.9. The fourth-order valence-electron chi connectivity index (χ4n) is 3.54. The van der Waals surface area contributed by atoms with Gasteiger partial charge < -0.3 is 19.1 Å². The SMILES string of the molecule is CC(=O)OC/C(=C(\C(=O)OCCCC[C@H](CO[N+](=O)[O-])O[N+](=O)[O-])c1ccccc1)c1ccc(S(C)(=O)=O)cc1. The van der Waals surface area contributed by atoms with E-state index in [2.05, 4.69) is 9.68 Å². The highest BCUT2D eigenvalue weighted by atomic mass is 32.2. The molecule has 0 amide bonds. The maximum absolute atomic E-state index is 13.3. The maximum atomic E-state index is 13.3. The van der Waals surface area contributed by atoms with Gasteiger partial charge in [0.25, 0.3) is 10.2 Å². The van der Waals surface area contributed by atoms with Crippen molar-refractivity contribution in [2.45, 2.75) is 37.2 Å². The van der Waals surface area contributed by atoms with Crippen molar-refractivity contribution in [1.29, 1.82) is 0 Å². The highest BCUT2D eigenvalue weighted by Crippen LogP contribution is 2.29. The molecule has 0 aromatic heterocycles. The van der Waals surface area contributed by atoms with Crippen molar-refractivity contribution in [2.24, 2.45) is 0 Å². The molecule has 0 spiro atoms. The molecule has 0 aliphatic rings. The van der Waals surface area contributed by atoms with Crippen LogP contribution in [0.25, 0.3) is 11.1 Å². The highest BCUT2D eigenvalue weighted by Gasteiger charge is 2.22. The number of unbranched alkanes of at least 4 members (excludes halogenated alkanes) is 1. The van der Waals surface area contributed by atoms with Crippen molar-refractivity contribution in [3.63, 3.8) is 0 Å². The minimum Gasteiger partial charge on any atom is -0.462 e. The zero-order valence-electron chi connectivity index (χ0n) is 21.7. The van der Waals surface area contributed by atoms with Crippen molar-refractivity contribution < 1.29 is 47.3 Å². The Labute approximate surface area is 229 Å². The number of ether oxygens (including phenoxy) is 2. The largest absolute Gasteiger partial charge is 0.462 e. The Balaban J connectivity index is 2.27. The third kappa shape index (κ3) is 10.7. The van der Waals surface area contributed by atoms with Gasteiger partial charge in [0.2, 0.25) is 0 Å². The molecule has 2 aromatic rings. The van der Waals surface area contributed by atoms with E-state index in [1.807, 2.05) is 0 Å². The van der Waals surface area contributed by atoms with Crippen molar-refractivity contribution in [1.82, 2.24) is 0 Å². The van der Waals surface area contributed by atoms with Crippen molar-refractivity contribution >= 4 is 32.9 Å². The second-order valence-electron chi connectivity index (χ2n) is 8.40. The van der Waals surface area contributed by atoms with E-state index in [9.17, 15) is 38.2 Å². The molecule has 0 unspecified atom stereocenters. The molecule has 216 valence electrons. The number of carbonyl (C=O) groups is 2. The van der Waals surface area contributed by atoms with Crippen LogP contribution in [-0.2, 0) is 38.6 Å². The fourth-order valence-corrected chi connectivity index (χ4v) is 4.17. The number of esters is 2. The highest BCUT2D eigenvalue weighted by molar-refractivity contribution is 7.90. The molecule has 15 heteroatoms. The van der Waals surface area contributed by atoms with Crippen LogP contribution in [-0.4, -0.2) is 62.7 Å². The molecule has 0 fully saturated rings. The Morgan fingerprint density at radius 3 is 2.10 bits per heavy atom. The Kier molecular flexibility index (Phi) is 12.0. The van der Waals surface area contributed by atoms with Crippen LogP contribution in [0.4, 0.5) is 0 Å². The molecule has 0 heterocycles. The molecule has 0 saturated carbocycles. The lowest BCUT2D eigenvalue weighted by atomic mass is 9.95. The summed E-state index contributed by atoms with van der Waals surface area (Å²) in [7, 11) is -3.48. The topological polar surface area (TPSA) is 191 Å². The lowest BCUT2D eigenvalue weighted by Crippen LogP contribution is -2.24. The zero-order valence-corrected chi connectivity index (χ0v) is 22.5. The second kappa shape index (κ2) is 15.2.